The van der Waals surface area contributed by atoms with Gasteiger partial charge in [0.05, 0.1) is 23.1 Å². The lowest BCUT2D eigenvalue weighted by Crippen LogP contribution is -2.36. The maximum atomic E-state index is 13.4. The number of carbonyl (C=O) groups is 1. The summed E-state index contributed by atoms with van der Waals surface area (Å²) in [6, 6.07) is 11.5. The molecule has 0 bridgehead atoms. The molecule has 0 spiro atoms. The number of hydrogen-bond acceptors (Lipinski definition) is 4. The van der Waals surface area contributed by atoms with Crippen molar-refractivity contribution in [3.05, 3.63) is 79.6 Å². The summed E-state index contributed by atoms with van der Waals surface area (Å²) in [5, 5.41) is 1.33. The molecule has 0 aliphatic carbocycles. The Morgan fingerprint density at radius 2 is 1.90 bits per heavy atom. The van der Waals surface area contributed by atoms with Crippen molar-refractivity contribution in [2.75, 3.05) is 13.2 Å². The van der Waals surface area contributed by atoms with Gasteiger partial charge in [0.2, 0.25) is 5.76 Å². The number of fused-ring (bicyclic) bond motifs is 2. The number of ether oxygens (including phenoxy) is 1. The molecule has 29 heavy (non-hydrogen) atoms. The monoisotopic (exact) mass is 429 g/mol. The molecular weight excluding hydrogens is 413 g/mol. The highest BCUT2D eigenvalue weighted by molar-refractivity contribution is 6.31. The van der Waals surface area contributed by atoms with Crippen molar-refractivity contribution in [2.24, 2.45) is 0 Å². The van der Waals surface area contributed by atoms with E-state index in [0.29, 0.717) is 39.7 Å². The van der Waals surface area contributed by atoms with E-state index in [1.54, 1.807) is 35.2 Å². The molecule has 2 aliphatic heterocycles. The SMILES string of the molecule is O=C1c2oc3ccc(Cl)cc3c(=O)c2[C@@H](c2cccc(Cl)c2)N1C[C@H]1CCCO1. The van der Waals surface area contributed by atoms with Crippen molar-refractivity contribution in [3.8, 4) is 0 Å². The average molecular weight is 430 g/mol. The van der Waals surface area contributed by atoms with Crippen molar-refractivity contribution < 1.29 is 13.9 Å². The number of amides is 1. The van der Waals surface area contributed by atoms with Gasteiger partial charge in [0.25, 0.3) is 5.91 Å². The van der Waals surface area contributed by atoms with E-state index < -0.39 is 6.04 Å². The van der Waals surface area contributed by atoms with Gasteiger partial charge in [0.1, 0.15) is 5.58 Å². The fraction of sp³-hybridized carbons (Fsp3) is 0.273. The smallest absolute Gasteiger partial charge is 0.291 e. The third kappa shape index (κ3) is 3.14. The van der Waals surface area contributed by atoms with Crippen LogP contribution in [0.1, 0.15) is 40.6 Å². The van der Waals surface area contributed by atoms with Crippen LogP contribution in [0.25, 0.3) is 11.0 Å². The number of hydrogen-bond donors (Lipinski definition) is 0. The van der Waals surface area contributed by atoms with E-state index in [0.717, 1.165) is 18.4 Å². The van der Waals surface area contributed by atoms with E-state index in [9.17, 15) is 9.59 Å². The molecule has 0 unspecified atom stereocenters. The summed E-state index contributed by atoms with van der Waals surface area (Å²) in [5.74, 6) is -0.234. The van der Waals surface area contributed by atoms with Crippen molar-refractivity contribution in [1.82, 2.24) is 4.90 Å². The van der Waals surface area contributed by atoms with Crippen molar-refractivity contribution in [3.63, 3.8) is 0 Å². The first kappa shape index (κ1) is 18.7. The van der Waals surface area contributed by atoms with Gasteiger partial charge in [0, 0.05) is 23.2 Å². The predicted octanol–water partition coefficient (Wildman–Crippen LogP) is 4.82. The molecule has 7 heteroatoms. The number of rotatable bonds is 3. The second-order valence-corrected chi connectivity index (χ2v) is 8.24. The van der Waals surface area contributed by atoms with Crippen LogP contribution in [-0.2, 0) is 4.74 Å². The molecule has 148 valence electrons. The summed E-state index contributed by atoms with van der Waals surface area (Å²) >= 11 is 12.3. The normalized spacial score (nSPS) is 21.2. The van der Waals surface area contributed by atoms with E-state index in [4.69, 9.17) is 32.4 Å². The number of carbonyl (C=O) groups excluding carboxylic acids is 1. The predicted molar refractivity (Wildman–Crippen MR) is 111 cm³/mol. The number of benzene rings is 2. The topological polar surface area (TPSA) is 59.8 Å². The third-order valence-electron chi connectivity index (χ3n) is 5.52. The largest absolute Gasteiger partial charge is 0.450 e. The lowest BCUT2D eigenvalue weighted by atomic mass is 9.98. The Morgan fingerprint density at radius 1 is 1.07 bits per heavy atom. The molecule has 3 heterocycles. The summed E-state index contributed by atoms with van der Waals surface area (Å²) in [7, 11) is 0. The highest BCUT2D eigenvalue weighted by Gasteiger charge is 2.43. The fourth-order valence-electron chi connectivity index (χ4n) is 4.21. The number of nitrogens with zero attached hydrogens (tertiary/aromatic N) is 1. The van der Waals surface area contributed by atoms with Gasteiger partial charge in [-0.2, -0.15) is 0 Å². The quantitative estimate of drug-likeness (QED) is 0.598. The second-order valence-electron chi connectivity index (χ2n) is 7.36. The zero-order valence-corrected chi connectivity index (χ0v) is 16.9. The van der Waals surface area contributed by atoms with E-state index in [2.05, 4.69) is 0 Å². The van der Waals surface area contributed by atoms with Gasteiger partial charge in [-0.1, -0.05) is 35.3 Å². The van der Waals surface area contributed by atoms with E-state index in [-0.39, 0.29) is 23.2 Å². The van der Waals surface area contributed by atoms with Gasteiger partial charge >= 0.3 is 0 Å². The van der Waals surface area contributed by atoms with Gasteiger partial charge in [-0.05, 0) is 48.7 Å². The average Bonchev–Trinajstić information content (AvgIpc) is 3.31. The molecule has 5 nitrogen and oxygen atoms in total. The first-order chi connectivity index (χ1) is 14.0. The molecule has 2 aromatic carbocycles. The van der Waals surface area contributed by atoms with Gasteiger partial charge in [-0.25, -0.2) is 0 Å². The molecule has 0 saturated carbocycles. The highest BCUT2D eigenvalue weighted by atomic mass is 35.5. The summed E-state index contributed by atoms with van der Waals surface area (Å²) in [4.78, 5) is 28.4. The molecule has 0 radical (unpaired) electrons. The van der Waals surface area contributed by atoms with E-state index in [1.807, 2.05) is 12.1 Å². The van der Waals surface area contributed by atoms with Gasteiger partial charge in [-0.15, -0.1) is 0 Å². The lowest BCUT2D eigenvalue weighted by molar-refractivity contribution is 0.0486. The molecule has 1 fully saturated rings. The minimum atomic E-state index is -0.583. The van der Waals surface area contributed by atoms with E-state index >= 15 is 0 Å². The standard InChI is InChI=1S/C22H17Cl2NO4/c23-13-4-1-3-12(9-13)19-18-20(26)16-10-14(24)6-7-17(16)29-21(18)22(27)25(19)11-15-5-2-8-28-15/h1,3-4,6-7,9-10,15,19H,2,5,8,11H2/t15-,19-/m1/s1. The first-order valence-electron chi connectivity index (χ1n) is 9.47. The summed E-state index contributed by atoms with van der Waals surface area (Å²) in [5.41, 5.74) is 1.17. The molecule has 3 aromatic rings. The summed E-state index contributed by atoms with van der Waals surface area (Å²) in [6.45, 7) is 1.07. The molecule has 1 aromatic heterocycles. The van der Waals surface area contributed by atoms with E-state index in [1.165, 1.54) is 0 Å². The zero-order chi connectivity index (χ0) is 20.1. The van der Waals surface area contributed by atoms with Gasteiger partial charge < -0.3 is 14.1 Å². The van der Waals surface area contributed by atoms with Crippen molar-refractivity contribution >= 4 is 40.1 Å². The molecule has 0 N–H and O–H groups in total. The Kier molecular flexibility index (Phi) is 4.62. The molecule has 2 aliphatic rings. The minimum Gasteiger partial charge on any atom is -0.450 e. The Morgan fingerprint density at radius 3 is 2.66 bits per heavy atom. The Bertz CT molecular complexity index is 1180. The van der Waals surface area contributed by atoms with Crippen LogP contribution in [0.2, 0.25) is 10.0 Å². The maximum absolute atomic E-state index is 13.4. The third-order valence-corrected chi connectivity index (χ3v) is 5.99. The molecule has 5 rings (SSSR count). The summed E-state index contributed by atoms with van der Waals surface area (Å²) in [6.07, 6.45) is 1.77. The molecule has 1 saturated heterocycles. The Balaban J connectivity index is 1.72. The van der Waals surface area contributed by atoms with Crippen LogP contribution in [-0.4, -0.2) is 30.1 Å². The van der Waals surface area contributed by atoms with Crippen molar-refractivity contribution in [2.45, 2.75) is 25.0 Å². The lowest BCUT2D eigenvalue weighted by Gasteiger charge is -2.27. The number of halogens is 2. The van der Waals surface area contributed by atoms with Crippen LogP contribution in [0.4, 0.5) is 0 Å². The van der Waals surface area contributed by atoms with Crippen molar-refractivity contribution in [1.29, 1.82) is 0 Å². The molecule has 2 atom stereocenters. The van der Waals surface area contributed by atoms with Gasteiger partial charge in [0.15, 0.2) is 5.43 Å². The van der Waals surface area contributed by atoms with Crippen LogP contribution in [0.15, 0.2) is 51.7 Å². The van der Waals surface area contributed by atoms with Gasteiger partial charge in [-0.3, -0.25) is 9.59 Å². The van der Waals surface area contributed by atoms with Crippen LogP contribution in [0.5, 0.6) is 0 Å². The molecule has 1 amide bonds. The van der Waals surface area contributed by atoms with Crippen LogP contribution >= 0.6 is 23.2 Å². The summed E-state index contributed by atoms with van der Waals surface area (Å²) < 4.78 is 11.7. The minimum absolute atomic E-state index is 0.0612. The van der Waals surface area contributed by atoms with Crippen LogP contribution in [0.3, 0.4) is 0 Å². The maximum Gasteiger partial charge on any atom is 0.291 e. The Labute approximate surface area is 176 Å². The zero-order valence-electron chi connectivity index (χ0n) is 15.4. The first-order valence-corrected chi connectivity index (χ1v) is 10.2. The van der Waals surface area contributed by atoms with Crippen LogP contribution < -0.4 is 5.43 Å². The second kappa shape index (κ2) is 7.17. The Hall–Kier alpha value is -2.34. The fourth-order valence-corrected chi connectivity index (χ4v) is 4.58. The van der Waals surface area contributed by atoms with Crippen LogP contribution in [0, 0.1) is 0 Å². The highest BCUT2D eigenvalue weighted by Crippen LogP contribution is 2.39. The molecular formula is C22H17Cl2NO4.